The Morgan fingerprint density at radius 3 is 2.76 bits per heavy atom. The van der Waals surface area contributed by atoms with Crippen LogP contribution in [0, 0.1) is 6.92 Å². The Labute approximate surface area is 123 Å². The molecule has 21 heavy (non-hydrogen) atoms. The third-order valence-corrected chi connectivity index (χ3v) is 2.84. The second-order valence-corrected chi connectivity index (χ2v) is 4.46. The molecule has 7 nitrogen and oxygen atoms in total. The van der Waals surface area contributed by atoms with Crippen molar-refractivity contribution in [2.75, 3.05) is 13.7 Å². The fourth-order valence-electron chi connectivity index (χ4n) is 1.74. The van der Waals surface area contributed by atoms with Crippen LogP contribution < -0.4 is 15.8 Å². The van der Waals surface area contributed by atoms with Gasteiger partial charge in [-0.05, 0) is 24.1 Å². The third-order valence-electron chi connectivity index (χ3n) is 2.84. The molecule has 0 bridgehead atoms. The molecule has 2 rings (SSSR count). The molecule has 0 atom stereocenters. The molecule has 0 spiro atoms. The summed E-state index contributed by atoms with van der Waals surface area (Å²) in [5, 5.41) is 6.79. The predicted molar refractivity (Wildman–Crippen MR) is 79.1 cm³/mol. The van der Waals surface area contributed by atoms with Gasteiger partial charge >= 0.3 is 0 Å². The molecule has 0 fully saturated rings. The topological polar surface area (TPSA) is 98.6 Å². The lowest BCUT2D eigenvalue weighted by molar-refractivity contribution is 0.387. The van der Waals surface area contributed by atoms with Gasteiger partial charge in [-0.25, -0.2) is 4.99 Å². The largest absolute Gasteiger partial charge is 0.497 e. The summed E-state index contributed by atoms with van der Waals surface area (Å²) in [6, 6.07) is 7.92. The van der Waals surface area contributed by atoms with Gasteiger partial charge in [-0.1, -0.05) is 17.3 Å². The van der Waals surface area contributed by atoms with Gasteiger partial charge in [0.2, 0.25) is 5.89 Å². The number of nitrogens with two attached hydrogens (primary N) is 1. The average molecular weight is 289 g/mol. The van der Waals surface area contributed by atoms with E-state index in [0.29, 0.717) is 30.8 Å². The predicted octanol–water partition coefficient (Wildman–Crippen LogP) is 1.03. The van der Waals surface area contributed by atoms with Crippen molar-refractivity contribution >= 4 is 5.96 Å². The lowest BCUT2D eigenvalue weighted by atomic mass is 10.1. The van der Waals surface area contributed by atoms with Crippen LogP contribution >= 0.6 is 0 Å². The van der Waals surface area contributed by atoms with Gasteiger partial charge in [-0.2, -0.15) is 4.98 Å². The maximum atomic E-state index is 5.77. The van der Waals surface area contributed by atoms with Gasteiger partial charge in [0.1, 0.15) is 12.3 Å². The molecule has 1 heterocycles. The first kappa shape index (κ1) is 14.8. The number of ether oxygens (including phenoxy) is 1. The zero-order valence-corrected chi connectivity index (χ0v) is 12.2. The molecule has 0 saturated heterocycles. The minimum absolute atomic E-state index is 0.304. The highest BCUT2D eigenvalue weighted by atomic mass is 16.5. The molecule has 7 heteroatoms. The van der Waals surface area contributed by atoms with E-state index in [4.69, 9.17) is 15.0 Å². The Morgan fingerprint density at radius 2 is 2.14 bits per heavy atom. The summed E-state index contributed by atoms with van der Waals surface area (Å²) < 4.78 is 9.97. The summed E-state index contributed by atoms with van der Waals surface area (Å²) >= 11 is 0. The quantitative estimate of drug-likeness (QED) is 0.609. The van der Waals surface area contributed by atoms with E-state index in [1.165, 1.54) is 5.56 Å². The molecular weight excluding hydrogens is 270 g/mol. The first-order valence-electron chi connectivity index (χ1n) is 6.63. The van der Waals surface area contributed by atoms with Crippen molar-refractivity contribution in [2.24, 2.45) is 10.7 Å². The zero-order chi connectivity index (χ0) is 15.1. The van der Waals surface area contributed by atoms with Crippen molar-refractivity contribution in [1.82, 2.24) is 15.5 Å². The number of aryl methyl sites for hydroxylation is 1. The molecule has 1 aromatic heterocycles. The average Bonchev–Trinajstić information content (AvgIpc) is 2.91. The van der Waals surface area contributed by atoms with Crippen molar-refractivity contribution < 1.29 is 9.26 Å². The van der Waals surface area contributed by atoms with Crippen LogP contribution in [-0.2, 0) is 13.0 Å². The molecule has 0 aliphatic carbocycles. The molecule has 0 amide bonds. The second kappa shape index (κ2) is 7.28. The van der Waals surface area contributed by atoms with Crippen molar-refractivity contribution in [3.63, 3.8) is 0 Å². The van der Waals surface area contributed by atoms with Crippen LogP contribution in [0.3, 0.4) is 0 Å². The molecular formula is C14H19N5O2. The van der Waals surface area contributed by atoms with Crippen LogP contribution in [0.15, 0.2) is 33.8 Å². The van der Waals surface area contributed by atoms with Gasteiger partial charge < -0.3 is 20.3 Å². The van der Waals surface area contributed by atoms with Crippen molar-refractivity contribution in [3.8, 4) is 5.75 Å². The van der Waals surface area contributed by atoms with Gasteiger partial charge in [0, 0.05) is 13.5 Å². The Balaban J connectivity index is 1.74. The number of nitrogens with one attached hydrogen (secondary N) is 1. The fraction of sp³-hybridized carbons (Fsp3) is 0.357. The lowest BCUT2D eigenvalue weighted by Gasteiger charge is -2.06. The first-order valence-corrected chi connectivity index (χ1v) is 6.63. The SMILES string of the molecule is COc1ccc(CCNC(N)=NCc2noc(C)n2)cc1. The summed E-state index contributed by atoms with van der Waals surface area (Å²) in [6.07, 6.45) is 0.849. The second-order valence-electron chi connectivity index (χ2n) is 4.46. The summed E-state index contributed by atoms with van der Waals surface area (Å²) in [5.74, 6) is 2.26. The van der Waals surface area contributed by atoms with E-state index in [-0.39, 0.29) is 0 Å². The maximum absolute atomic E-state index is 5.77. The molecule has 0 aliphatic heterocycles. The van der Waals surface area contributed by atoms with E-state index in [0.717, 1.165) is 12.2 Å². The summed E-state index contributed by atoms with van der Waals surface area (Å²) in [7, 11) is 1.65. The highest BCUT2D eigenvalue weighted by molar-refractivity contribution is 5.77. The number of hydrogen-bond acceptors (Lipinski definition) is 5. The van der Waals surface area contributed by atoms with E-state index >= 15 is 0 Å². The normalized spacial score (nSPS) is 11.4. The summed E-state index contributed by atoms with van der Waals surface area (Å²) in [5.41, 5.74) is 6.97. The number of nitrogens with zero attached hydrogens (tertiary/aromatic N) is 3. The number of guanidine groups is 1. The maximum Gasteiger partial charge on any atom is 0.223 e. The molecule has 0 saturated carbocycles. The van der Waals surface area contributed by atoms with Crippen molar-refractivity contribution in [3.05, 3.63) is 41.5 Å². The van der Waals surface area contributed by atoms with E-state index < -0.39 is 0 Å². The van der Waals surface area contributed by atoms with E-state index in [9.17, 15) is 0 Å². The minimum Gasteiger partial charge on any atom is -0.497 e. The van der Waals surface area contributed by atoms with Gasteiger partial charge in [0.25, 0.3) is 0 Å². The Kier molecular flexibility index (Phi) is 5.14. The van der Waals surface area contributed by atoms with Crippen LogP contribution in [-0.4, -0.2) is 29.8 Å². The lowest BCUT2D eigenvalue weighted by Crippen LogP contribution is -2.33. The van der Waals surface area contributed by atoms with Gasteiger partial charge in [-0.15, -0.1) is 0 Å². The highest BCUT2D eigenvalue weighted by Gasteiger charge is 2.01. The van der Waals surface area contributed by atoms with Crippen LogP contribution in [0.2, 0.25) is 0 Å². The summed E-state index contributed by atoms with van der Waals surface area (Å²) in [4.78, 5) is 8.19. The Morgan fingerprint density at radius 1 is 1.38 bits per heavy atom. The first-order chi connectivity index (χ1) is 10.2. The smallest absolute Gasteiger partial charge is 0.223 e. The molecule has 3 N–H and O–H groups in total. The molecule has 0 radical (unpaired) electrons. The zero-order valence-electron chi connectivity index (χ0n) is 12.2. The highest BCUT2D eigenvalue weighted by Crippen LogP contribution is 2.11. The van der Waals surface area contributed by atoms with Crippen LogP contribution in [0.4, 0.5) is 0 Å². The standard InChI is InChI=1S/C14H19N5O2/c1-10-18-13(19-21-10)9-17-14(15)16-8-7-11-3-5-12(20-2)6-4-11/h3-6H,7-9H2,1-2H3,(H3,15,16,17). The number of rotatable bonds is 6. The van der Waals surface area contributed by atoms with Crippen LogP contribution in [0.5, 0.6) is 5.75 Å². The number of aliphatic imine (C=N–C) groups is 1. The molecule has 1 aromatic carbocycles. The van der Waals surface area contributed by atoms with Crippen molar-refractivity contribution in [2.45, 2.75) is 19.9 Å². The van der Waals surface area contributed by atoms with E-state index in [2.05, 4.69) is 20.4 Å². The minimum atomic E-state index is 0.304. The Bertz CT molecular complexity index is 592. The number of hydrogen-bond donors (Lipinski definition) is 2. The van der Waals surface area contributed by atoms with E-state index in [1.807, 2.05) is 24.3 Å². The van der Waals surface area contributed by atoms with E-state index in [1.54, 1.807) is 14.0 Å². The molecule has 0 aliphatic rings. The van der Waals surface area contributed by atoms with Gasteiger partial charge in [0.05, 0.1) is 7.11 Å². The van der Waals surface area contributed by atoms with Gasteiger partial charge in [0.15, 0.2) is 11.8 Å². The summed E-state index contributed by atoms with van der Waals surface area (Å²) in [6.45, 7) is 2.74. The number of benzene rings is 1. The molecule has 112 valence electrons. The molecule has 2 aromatic rings. The van der Waals surface area contributed by atoms with Crippen LogP contribution in [0.25, 0.3) is 0 Å². The third kappa shape index (κ3) is 4.79. The number of aromatic nitrogens is 2. The Hall–Kier alpha value is -2.57. The van der Waals surface area contributed by atoms with Crippen molar-refractivity contribution in [1.29, 1.82) is 0 Å². The van der Waals surface area contributed by atoms with Crippen LogP contribution in [0.1, 0.15) is 17.3 Å². The number of methoxy groups -OCH3 is 1. The van der Waals surface area contributed by atoms with Gasteiger partial charge in [-0.3, -0.25) is 0 Å². The fourth-order valence-corrected chi connectivity index (χ4v) is 1.74. The monoisotopic (exact) mass is 289 g/mol. The molecule has 0 unspecified atom stereocenters.